The first-order chi connectivity index (χ1) is 11.3. The highest BCUT2D eigenvalue weighted by atomic mass is 127. The van der Waals surface area contributed by atoms with Crippen molar-refractivity contribution < 1.29 is 0 Å². The van der Waals surface area contributed by atoms with E-state index < -0.39 is 0 Å². The molecule has 128 valence electrons. The lowest BCUT2D eigenvalue weighted by atomic mass is 9.96. The molecule has 0 radical (unpaired) electrons. The van der Waals surface area contributed by atoms with Crippen molar-refractivity contribution in [2.45, 2.75) is 24.7 Å². The van der Waals surface area contributed by atoms with Crippen molar-refractivity contribution >= 4 is 29.9 Å². The van der Waals surface area contributed by atoms with E-state index in [0.29, 0.717) is 5.41 Å². The van der Waals surface area contributed by atoms with E-state index in [4.69, 9.17) is 0 Å². The van der Waals surface area contributed by atoms with Crippen LogP contribution in [0.5, 0.6) is 0 Å². The third-order valence-electron chi connectivity index (χ3n) is 4.61. The van der Waals surface area contributed by atoms with Crippen molar-refractivity contribution in [2.24, 2.45) is 4.99 Å². The summed E-state index contributed by atoms with van der Waals surface area (Å²) in [4.78, 5) is 4.34. The molecule has 0 heterocycles. The highest BCUT2D eigenvalue weighted by molar-refractivity contribution is 14.0. The van der Waals surface area contributed by atoms with Crippen molar-refractivity contribution in [3.63, 3.8) is 0 Å². The molecule has 4 heteroatoms. The van der Waals surface area contributed by atoms with Crippen LogP contribution < -0.4 is 10.6 Å². The van der Waals surface area contributed by atoms with E-state index in [0.717, 1.165) is 25.5 Å². The Hall–Kier alpha value is -1.56. The molecule has 0 aliphatic heterocycles. The largest absolute Gasteiger partial charge is 0.356 e. The van der Waals surface area contributed by atoms with E-state index in [9.17, 15) is 0 Å². The summed E-state index contributed by atoms with van der Waals surface area (Å²) in [5, 5.41) is 6.90. The van der Waals surface area contributed by atoms with Crippen molar-refractivity contribution in [2.75, 3.05) is 20.1 Å². The molecule has 1 aliphatic rings. The second kappa shape index (κ2) is 9.06. The molecule has 1 fully saturated rings. The second-order valence-corrected chi connectivity index (χ2v) is 6.23. The fraction of sp³-hybridized carbons (Fsp3) is 0.350. The Labute approximate surface area is 162 Å². The molecule has 1 aliphatic carbocycles. The van der Waals surface area contributed by atoms with Crippen molar-refractivity contribution in [1.82, 2.24) is 10.6 Å². The molecule has 3 nitrogen and oxygen atoms in total. The molecule has 0 unspecified atom stereocenters. The molecule has 2 aromatic rings. The summed E-state index contributed by atoms with van der Waals surface area (Å²) in [6.45, 7) is 1.84. The Morgan fingerprint density at radius 2 is 1.58 bits per heavy atom. The highest BCUT2D eigenvalue weighted by Crippen LogP contribution is 2.47. The lowest BCUT2D eigenvalue weighted by Gasteiger charge is -2.19. The molecule has 0 spiro atoms. The van der Waals surface area contributed by atoms with Crippen LogP contribution >= 0.6 is 24.0 Å². The molecule has 2 N–H and O–H groups in total. The zero-order chi connectivity index (χ0) is 16.0. The lowest BCUT2D eigenvalue weighted by Crippen LogP contribution is -2.41. The van der Waals surface area contributed by atoms with Gasteiger partial charge < -0.3 is 10.6 Å². The van der Waals surface area contributed by atoms with E-state index in [2.05, 4.69) is 76.3 Å². The molecule has 0 bridgehead atoms. The summed E-state index contributed by atoms with van der Waals surface area (Å²) >= 11 is 0. The minimum Gasteiger partial charge on any atom is -0.356 e. The third kappa shape index (κ3) is 4.97. The van der Waals surface area contributed by atoms with E-state index in [1.165, 1.54) is 24.0 Å². The number of benzene rings is 2. The van der Waals surface area contributed by atoms with E-state index in [-0.39, 0.29) is 24.0 Å². The fourth-order valence-electron chi connectivity index (χ4n) is 2.95. The number of aliphatic imine (C=N–C) groups is 1. The van der Waals surface area contributed by atoms with Crippen LogP contribution in [0.2, 0.25) is 0 Å². The van der Waals surface area contributed by atoms with Gasteiger partial charge in [0.1, 0.15) is 0 Å². The zero-order valence-electron chi connectivity index (χ0n) is 14.2. The van der Waals surface area contributed by atoms with Crippen LogP contribution in [0.4, 0.5) is 0 Å². The van der Waals surface area contributed by atoms with Gasteiger partial charge in [0.2, 0.25) is 0 Å². The molecule has 3 rings (SSSR count). The number of guanidine groups is 1. The third-order valence-corrected chi connectivity index (χ3v) is 4.61. The van der Waals surface area contributed by atoms with Gasteiger partial charge in [0.05, 0.1) is 0 Å². The first kappa shape index (κ1) is 18.8. The number of nitrogens with one attached hydrogen (secondary N) is 2. The van der Waals surface area contributed by atoms with Crippen LogP contribution in [0.3, 0.4) is 0 Å². The first-order valence-corrected chi connectivity index (χ1v) is 8.36. The maximum atomic E-state index is 4.34. The first-order valence-electron chi connectivity index (χ1n) is 8.36. The van der Waals surface area contributed by atoms with Gasteiger partial charge in [-0.25, -0.2) is 0 Å². The maximum absolute atomic E-state index is 4.34. The Kier molecular flexibility index (Phi) is 7.09. The Morgan fingerprint density at radius 3 is 2.17 bits per heavy atom. The van der Waals surface area contributed by atoms with Crippen molar-refractivity contribution in [1.29, 1.82) is 0 Å². The minimum atomic E-state index is 0. The molecular formula is C20H26IN3. The normalized spacial score (nSPS) is 15.3. The average molecular weight is 435 g/mol. The summed E-state index contributed by atoms with van der Waals surface area (Å²) in [7, 11) is 1.83. The smallest absolute Gasteiger partial charge is 0.191 e. The van der Waals surface area contributed by atoms with Gasteiger partial charge in [-0.2, -0.15) is 0 Å². The number of hydrogen-bond donors (Lipinski definition) is 2. The molecule has 2 aromatic carbocycles. The van der Waals surface area contributed by atoms with Crippen LogP contribution in [0, 0.1) is 0 Å². The Morgan fingerprint density at radius 1 is 0.958 bits per heavy atom. The van der Waals surface area contributed by atoms with Crippen LogP contribution in [-0.4, -0.2) is 26.1 Å². The van der Waals surface area contributed by atoms with Crippen LogP contribution in [0.15, 0.2) is 65.7 Å². The fourth-order valence-corrected chi connectivity index (χ4v) is 2.95. The monoisotopic (exact) mass is 435 g/mol. The topological polar surface area (TPSA) is 36.4 Å². The van der Waals surface area contributed by atoms with Crippen molar-refractivity contribution in [3.05, 3.63) is 71.8 Å². The minimum absolute atomic E-state index is 0. The lowest BCUT2D eigenvalue weighted by molar-refractivity contribution is 0.645. The summed E-state index contributed by atoms with van der Waals surface area (Å²) in [6, 6.07) is 21.3. The van der Waals surface area contributed by atoms with Crippen LogP contribution in [0.25, 0.3) is 0 Å². The van der Waals surface area contributed by atoms with Gasteiger partial charge in [-0.05, 0) is 30.4 Å². The Bertz CT molecular complexity index is 636. The molecule has 24 heavy (non-hydrogen) atoms. The van der Waals surface area contributed by atoms with Gasteiger partial charge in [0, 0.05) is 25.6 Å². The standard InChI is InChI=1S/C20H25N3.HI/c1-21-19(22-15-12-17-8-4-2-5-9-17)23-16-20(13-14-20)18-10-6-3-7-11-18;/h2-11H,12-16H2,1H3,(H2,21,22,23);1H. The zero-order valence-corrected chi connectivity index (χ0v) is 16.5. The predicted octanol–water partition coefficient (Wildman–Crippen LogP) is 3.74. The molecule has 0 amide bonds. The maximum Gasteiger partial charge on any atom is 0.191 e. The summed E-state index contributed by atoms with van der Waals surface area (Å²) in [5.41, 5.74) is 3.09. The van der Waals surface area contributed by atoms with Crippen LogP contribution in [0.1, 0.15) is 24.0 Å². The van der Waals surface area contributed by atoms with Gasteiger partial charge in [-0.15, -0.1) is 24.0 Å². The second-order valence-electron chi connectivity index (χ2n) is 6.23. The van der Waals surface area contributed by atoms with Gasteiger partial charge in [0.25, 0.3) is 0 Å². The van der Waals surface area contributed by atoms with Gasteiger partial charge >= 0.3 is 0 Å². The molecule has 1 saturated carbocycles. The van der Waals surface area contributed by atoms with E-state index in [1.54, 1.807) is 0 Å². The number of hydrogen-bond acceptors (Lipinski definition) is 1. The molecular weight excluding hydrogens is 409 g/mol. The summed E-state index contributed by atoms with van der Waals surface area (Å²) in [5.74, 6) is 0.892. The molecule has 0 saturated heterocycles. The van der Waals surface area contributed by atoms with E-state index >= 15 is 0 Å². The average Bonchev–Trinajstić information content (AvgIpc) is 3.41. The highest BCUT2D eigenvalue weighted by Gasteiger charge is 2.43. The van der Waals surface area contributed by atoms with E-state index in [1.807, 2.05) is 7.05 Å². The van der Waals surface area contributed by atoms with Gasteiger partial charge in [0.15, 0.2) is 5.96 Å². The quantitative estimate of drug-likeness (QED) is 0.412. The van der Waals surface area contributed by atoms with Crippen molar-refractivity contribution in [3.8, 4) is 0 Å². The SMILES string of the molecule is CN=C(NCCc1ccccc1)NCC1(c2ccccc2)CC1.I. The summed E-state index contributed by atoms with van der Waals surface area (Å²) in [6.07, 6.45) is 3.52. The van der Waals surface area contributed by atoms with Gasteiger partial charge in [-0.3, -0.25) is 4.99 Å². The number of rotatable bonds is 6. The van der Waals surface area contributed by atoms with Gasteiger partial charge in [-0.1, -0.05) is 60.7 Å². The summed E-state index contributed by atoms with van der Waals surface area (Å²) < 4.78 is 0. The van der Waals surface area contributed by atoms with Crippen LogP contribution in [-0.2, 0) is 11.8 Å². The molecule has 0 atom stereocenters. The molecule has 0 aromatic heterocycles. The number of nitrogens with zero attached hydrogens (tertiary/aromatic N) is 1. The number of halogens is 1. The Balaban J connectivity index is 0.00000208. The predicted molar refractivity (Wildman–Crippen MR) is 112 cm³/mol.